The Labute approximate surface area is 208 Å². The minimum Gasteiger partial charge on any atom is -0.486 e. The SMILES string of the molecule is Cc1nn(Cc2ccccc2Cl)c(C)c1/C=C/C(=O)O[C@@H](C)C(=O)Nc1ccc2c(c1)OCCO2. The molecule has 2 aromatic carbocycles. The summed E-state index contributed by atoms with van der Waals surface area (Å²) in [4.78, 5) is 24.9. The monoisotopic (exact) mass is 495 g/mol. The number of ether oxygens (including phenoxy) is 3. The second kappa shape index (κ2) is 10.7. The van der Waals surface area contributed by atoms with Crippen LogP contribution in [0, 0.1) is 13.8 Å². The zero-order valence-corrected chi connectivity index (χ0v) is 20.5. The van der Waals surface area contributed by atoms with Gasteiger partial charge >= 0.3 is 5.97 Å². The largest absolute Gasteiger partial charge is 0.486 e. The summed E-state index contributed by atoms with van der Waals surface area (Å²) in [5, 5.41) is 7.95. The number of nitrogens with one attached hydrogen (secondary N) is 1. The maximum Gasteiger partial charge on any atom is 0.331 e. The van der Waals surface area contributed by atoms with Crippen LogP contribution in [0.1, 0.15) is 29.4 Å². The second-order valence-electron chi connectivity index (χ2n) is 8.09. The van der Waals surface area contributed by atoms with Gasteiger partial charge in [0.05, 0.1) is 12.2 Å². The molecule has 35 heavy (non-hydrogen) atoms. The fraction of sp³-hybridized carbons (Fsp3) is 0.269. The van der Waals surface area contributed by atoms with Gasteiger partial charge in [-0.05, 0) is 50.6 Å². The fourth-order valence-electron chi connectivity index (χ4n) is 3.68. The molecule has 2 heterocycles. The van der Waals surface area contributed by atoms with Gasteiger partial charge in [0.25, 0.3) is 5.91 Å². The van der Waals surface area contributed by atoms with Crippen molar-refractivity contribution in [1.29, 1.82) is 0 Å². The zero-order chi connectivity index (χ0) is 24.9. The van der Waals surface area contributed by atoms with Gasteiger partial charge in [-0.3, -0.25) is 9.48 Å². The topological polar surface area (TPSA) is 91.7 Å². The van der Waals surface area contributed by atoms with E-state index in [1.54, 1.807) is 24.3 Å². The second-order valence-corrected chi connectivity index (χ2v) is 8.50. The van der Waals surface area contributed by atoms with Crippen molar-refractivity contribution in [2.45, 2.75) is 33.4 Å². The quantitative estimate of drug-likeness (QED) is 0.382. The van der Waals surface area contributed by atoms with Crippen LogP contribution >= 0.6 is 11.6 Å². The van der Waals surface area contributed by atoms with Crippen molar-refractivity contribution in [2.24, 2.45) is 0 Å². The van der Waals surface area contributed by atoms with Crippen LogP contribution in [0.2, 0.25) is 5.02 Å². The van der Waals surface area contributed by atoms with Gasteiger partial charge in [-0.25, -0.2) is 4.79 Å². The average Bonchev–Trinajstić information content (AvgIpc) is 3.11. The summed E-state index contributed by atoms with van der Waals surface area (Å²) in [6, 6.07) is 12.7. The third-order valence-corrected chi connectivity index (χ3v) is 5.94. The number of esters is 1. The maximum atomic E-state index is 12.5. The van der Waals surface area contributed by atoms with Gasteiger partial charge in [0.2, 0.25) is 0 Å². The first kappa shape index (κ1) is 24.3. The highest BCUT2D eigenvalue weighted by Gasteiger charge is 2.19. The van der Waals surface area contributed by atoms with Gasteiger partial charge in [-0.15, -0.1) is 0 Å². The first-order valence-corrected chi connectivity index (χ1v) is 11.6. The smallest absolute Gasteiger partial charge is 0.331 e. The third-order valence-electron chi connectivity index (χ3n) is 5.57. The first-order valence-electron chi connectivity index (χ1n) is 11.2. The Morgan fingerprint density at radius 3 is 2.69 bits per heavy atom. The first-order chi connectivity index (χ1) is 16.8. The van der Waals surface area contributed by atoms with Crippen molar-refractivity contribution in [1.82, 2.24) is 9.78 Å². The number of carbonyl (C=O) groups is 2. The van der Waals surface area contributed by atoms with Crippen LogP contribution in [0.25, 0.3) is 6.08 Å². The van der Waals surface area contributed by atoms with Crippen LogP contribution in [-0.4, -0.2) is 41.0 Å². The molecule has 0 saturated carbocycles. The molecule has 1 amide bonds. The molecule has 0 bridgehead atoms. The molecule has 1 aliphatic rings. The molecule has 182 valence electrons. The number of rotatable bonds is 7. The van der Waals surface area contributed by atoms with Gasteiger partial charge < -0.3 is 19.5 Å². The normalized spacial score (nSPS) is 13.5. The highest BCUT2D eigenvalue weighted by Crippen LogP contribution is 2.32. The Morgan fingerprint density at radius 1 is 1.17 bits per heavy atom. The summed E-state index contributed by atoms with van der Waals surface area (Å²) < 4.78 is 18.1. The summed E-state index contributed by atoms with van der Waals surface area (Å²) in [6.07, 6.45) is 1.95. The summed E-state index contributed by atoms with van der Waals surface area (Å²) in [5.74, 6) is 0.0953. The van der Waals surface area contributed by atoms with Gasteiger partial charge in [-0.2, -0.15) is 5.10 Å². The lowest BCUT2D eigenvalue weighted by Gasteiger charge is -2.19. The molecule has 1 aliphatic heterocycles. The Hall–Kier alpha value is -3.78. The van der Waals surface area contributed by atoms with E-state index in [0.717, 1.165) is 22.5 Å². The summed E-state index contributed by atoms with van der Waals surface area (Å²) in [5.41, 5.74) is 3.93. The molecule has 1 atom stereocenters. The molecule has 9 heteroatoms. The summed E-state index contributed by atoms with van der Waals surface area (Å²) >= 11 is 6.27. The molecule has 0 fully saturated rings. The van der Waals surface area contributed by atoms with Gasteiger partial charge in [0.1, 0.15) is 13.2 Å². The van der Waals surface area contributed by atoms with E-state index in [4.69, 9.17) is 25.8 Å². The van der Waals surface area contributed by atoms with Crippen molar-refractivity contribution in [2.75, 3.05) is 18.5 Å². The number of amides is 1. The number of hydrogen-bond donors (Lipinski definition) is 1. The van der Waals surface area contributed by atoms with Gasteiger partial charge in [0, 0.05) is 34.1 Å². The van der Waals surface area contributed by atoms with Crippen LogP contribution in [0.3, 0.4) is 0 Å². The number of halogens is 1. The lowest BCUT2D eigenvalue weighted by molar-refractivity contribution is -0.148. The van der Waals surface area contributed by atoms with Crippen molar-refractivity contribution in [3.05, 3.63) is 76.1 Å². The Morgan fingerprint density at radius 2 is 1.91 bits per heavy atom. The van der Waals surface area contributed by atoms with Crippen LogP contribution < -0.4 is 14.8 Å². The molecule has 8 nitrogen and oxygen atoms in total. The molecular formula is C26H26ClN3O5. The van der Waals surface area contributed by atoms with E-state index < -0.39 is 18.0 Å². The van der Waals surface area contributed by atoms with E-state index in [0.29, 0.717) is 42.0 Å². The summed E-state index contributed by atoms with van der Waals surface area (Å²) in [6.45, 7) is 6.75. The van der Waals surface area contributed by atoms with E-state index in [2.05, 4.69) is 10.4 Å². The van der Waals surface area contributed by atoms with Crippen molar-refractivity contribution in [3.8, 4) is 11.5 Å². The Kier molecular flexibility index (Phi) is 7.41. The molecule has 0 spiro atoms. The lowest BCUT2D eigenvalue weighted by Crippen LogP contribution is -2.29. The van der Waals surface area contributed by atoms with E-state index in [1.807, 2.05) is 42.8 Å². The van der Waals surface area contributed by atoms with Gasteiger partial charge in [-0.1, -0.05) is 29.8 Å². The molecular weight excluding hydrogens is 470 g/mol. The Bertz CT molecular complexity index is 1280. The number of nitrogens with zero attached hydrogens (tertiary/aromatic N) is 2. The van der Waals surface area contributed by atoms with Crippen LogP contribution in [-0.2, 0) is 20.9 Å². The van der Waals surface area contributed by atoms with Crippen molar-refractivity contribution < 1.29 is 23.8 Å². The van der Waals surface area contributed by atoms with Gasteiger partial charge in [0.15, 0.2) is 17.6 Å². The fourth-order valence-corrected chi connectivity index (χ4v) is 3.87. The molecule has 0 unspecified atom stereocenters. The number of carbonyl (C=O) groups excluding carboxylic acids is 2. The molecule has 3 aromatic rings. The average molecular weight is 496 g/mol. The highest BCUT2D eigenvalue weighted by molar-refractivity contribution is 6.31. The van der Waals surface area contributed by atoms with E-state index >= 15 is 0 Å². The maximum absolute atomic E-state index is 12.5. The lowest BCUT2D eigenvalue weighted by atomic mass is 10.1. The number of anilines is 1. The van der Waals surface area contributed by atoms with E-state index in [-0.39, 0.29) is 0 Å². The standard InChI is InChI=1S/C26H26ClN3O5/c1-16-21(17(2)30(29-16)15-19-6-4-5-7-22(19)27)9-11-25(31)35-18(3)26(32)28-20-8-10-23-24(14-20)34-13-12-33-23/h4-11,14,18H,12-13,15H2,1-3H3,(H,28,32)/b11-9+/t18-/m0/s1. The van der Waals surface area contributed by atoms with Crippen molar-refractivity contribution >= 4 is 35.2 Å². The highest BCUT2D eigenvalue weighted by atomic mass is 35.5. The summed E-state index contributed by atoms with van der Waals surface area (Å²) in [7, 11) is 0. The molecule has 1 aromatic heterocycles. The Balaban J connectivity index is 1.36. The van der Waals surface area contributed by atoms with Crippen LogP contribution in [0.4, 0.5) is 5.69 Å². The molecule has 1 N–H and O–H groups in total. The predicted molar refractivity (Wildman–Crippen MR) is 133 cm³/mol. The zero-order valence-electron chi connectivity index (χ0n) is 19.7. The van der Waals surface area contributed by atoms with Crippen molar-refractivity contribution in [3.63, 3.8) is 0 Å². The van der Waals surface area contributed by atoms with Crippen LogP contribution in [0.15, 0.2) is 48.5 Å². The molecule has 0 saturated heterocycles. The predicted octanol–water partition coefficient (Wildman–Crippen LogP) is 4.56. The van der Waals surface area contributed by atoms with Crippen LogP contribution in [0.5, 0.6) is 11.5 Å². The molecule has 4 rings (SSSR count). The number of hydrogen-bond acceptors (Lipinski definition) is 6. The van der Waals surface area contributed by atoms with E-state index in [9.17, 15) is 9.59 Å². The molecule has 0 aliphatic carbocycles. The number of fused-ring (bicyclic) bond motifs is 1. The third kappa shape index (κ3) is 5.84. The molecule has 0 radical (unpaired) electrons. The number of benzene rings is 2. The number of aromatic nitrogens is 2. The minimum absolute atomic E-state index is 0.447. The minimum atomic E-state index is -0.995. The van der Waals surface area contributed by atoms with E-state index in [1.165, 1.54) is 13.0 Å². The number of aryl methyl sites for hydroxylation is 1.